The zero-order chi connectivity index (χ0) is 13.0. The van der Waals surface area contributed by atoms with E-state index in [0.29, 0.717) is 5.41 Å². The van der Waals surface area contributed by atoms with E-state index in [2.05, 4.69) is 11.4 Å². The van der Waals surface area contributed by atoms with Crippen molar-refractivity contribution in [3.63, 3.8) is 0 Å². The van der Waals surface area contributed by atoms with Crippen LogP contribution >= 0.6 is 11.6 Å². The van der Waals surface area contributed by atoms with Gasteiger partial charge in [0, 0.05) is 19.0 Å². The molecule has 100 valence electrons. The van der Waals surface area contributed by atoms with Crippen LogP contribution in [0.1, 0.15) is 18.4 Å². The van der Waals surface area contributed by atoms with Crippen molar-refractivity contribution in [2.75, 3.05) is 26.6 Å². The number of benzene rings is 1. The summed E-state index contributed by atoms with van der Waals surface area (Å²) in [6, 6.07) is 5.99. The highest BCUT2D eigenvalue weighted by molar-refractivity contribution is 6.18. The van der Waals surface area contributed by atoms with Crippen LogP contribution in [0.2, 0.25) is 0 Å². The molecule has 0 unspecified atom stereocenters. The monoisotopic (exact) mass is 269 g/mol. The second-order valence-electron chi connectivity index (χ2n) is 4.93. The van der Waals surface area contributed by atoms with Gasteiger partial charge in [-0.25, -0.2) is 0 Å². The third-order valence-corrected chi connectivity index (χ3v) is 4.08. The lowest BCUT2D eigenvalue weighted by atomic mass is 10.1. The van der Waals surface area contributed by atoms with Crippen molar-refractivity contribution in [1.29, 1.82) is 0 Å². The van der Waals surface area contributed by atoms with E-state index in [1.165, 1.54) is 18.4 Å². The molecule has 1 aromatic rings. The van der Waals surface area contributed by atoms with Crippen molar-refractivity contribution in [3.05, 3.63) is 23.8 Å². The Morgan fingerprint density at radius 1 is 1.22 bits per heavy atom. The predicted octanol–water partition coefficient (Wildman–Crippen LogP) is 2.81. The molecule has 0 aliphatic heterocycles. The fourth-order valence-electron chi connectivity index (χ4n) is 2.00. The molecule has 1 aliphatic rings. The lowest BCUT2D eigenvalue weighted by molar-refractivity contribution is 0.354. The van der Waals surface area contributed by atoms with Crippen LogP contribution in [0.25, 0.3) is 0 Å². The summed E-state index contributed by atoms with van der Waals surface area (Å²) in [5, 5.41) is 3.46. The Balaban J connectivity index is 1.89. The van der Waals surface area contributed by atoms with Crippen LogP contribution in [0.3, 0.4) is 0 Å². The fraction of sp³-hybridized carbons (Fsp3) is 0.571. The van der Waals surface area contributed by atoms with E-state index in [4.69, 9.17) is 21.1 Å². The lowest BCUT2D eigenvalue weighted by Crippen LogP contribution is -2.24. The number of rotatable bonds is 7. The van der Waals surface area contributed by atoms with Gasteiger partial charge in [0.05, 0.1) is 14.2 Å². The first-order valence-corrected chi connectivity index (χ1v) is 6.74. The highest BCUT2D eigenvalue weighted by atomic mass is 35.5. The van der Waals surface area contributed by atoms with Crippen LogP contribution < -0.4 is 14.8 Å². The van der Waals surface area contributed by atoms with Gasteiger partial charge in [-0.1, -0.05) is 6.07 Å². The summed E-state index contributed by atoms with van der Waals surface area (Å²) in [5.74, 6) is 2.29. The van der Waals surface area contributed by atoms with E-state index < -0.39 is 0 Å². The largest absolute Gasteiger partial charge is 0.493 e. The average Bonchev–Trinajstić information content (AvgIpc) is 3.19. The molecule has 1 aromatic carbocycles. The maximum Gasteiger partial charge on any atom is 0.161 e. The zero-order valence-corrected chi connectivity index (χ0v) is 11.7. The first-order valence-electron chi connectivity index (χ1n) is 6.20. The van der Waals surface area contributed by atoms with Crippen LogP contribution in [-0.4, -0.2) is 26.6 Å². The normalized spacial score (nSPS) is 16.4. The number of alkyl halides is 1. The second-order valence-corrected chi connectivity index (χ2v) is 5.19. The number of ether oxygens (including phenoxy) is 2. The number of hydrogen-bond donors (Lipinski definition) is 1. The zero-order valence-electron chi connectivity index (χ0n) is 11.0. The summed E-state index contributed by atoms with van der Waals surface area (Å²) in [7, 11) is 3.30. The minimum Gasteiger partial charge on any atom is -0.493 e. The second kappa shape index (κ2) is 5.81. The number of nitrogens with one attached hydrogen (secondary N) is 1. The van der Waals surface area contributed by atoms with E-state index in [1.807, 2.05) is 12.1 Å². The Hall–Kier alpha value is -0.930. The van der Waals surface area contributed by atoms with Gasteiger partial charge in [0.2, 0.25) is 0 Å². The van der Waals surface area contributed by atoms with E-state index in [1.54, 1.807) is 14.2 Å². The summed E-state index contributed by atoms with van der Waals surface area (Å²) in [5.41, 5.74) is 1.55. The molecular weight excluding hydrogens is 250 g/mol. The first kappa shape index (κ1) is 13.5. The number of methoxy groups -OCH3 is 2. The molecule has 1 saturated carbocycles. The van der Waals surface area contributed by atoms with Gasteiger partial charge in [-0.2, -0.15) is 0 Å². The molecular formula is C14H20ClNO2. The highest BCUT2D eigenvalue weighted by Gasteiger charge is 2.41. The lowest BCUT2D eigenvalue weighted by Gasteiger charge is -2.13. The van der Waals surface area contributed by atoms with Crippen molar-refractivity contribution in [2.24, 2.45) is 5.41 Å². The molecule has 2 rings (SSSR count). The van der Waals surface area contributed by atoms with Crippen LogP contribution in [-0.2, 0) is 6.54 Å². The number of hydrogen-bond acceptors (Lipinski definition) is 3. The Morgan fingerprint density at radius 3 is 2.50 bits per heavy atom. The molecule has 4 heteroatoms. The molecule has 0 radical (unpaired) electrons. The topological polar surface area (TPSA) is 30.5 Å². The standard InChI is InChI=1S/C14H20ClNO2/c1-17-12-4-3-11(7-13(12)18-2)8-16-10-14(9-15)5-6-14/h3-4,7,16H,5-6,8-10H2,1-2H3. The first-order chi connectivity index (χ1) is 8.73. The van der Waals surface area contributed by atoms with Gasteiger partial charge in [0.25, 0.3) is 0 Å². The molecule has 18 heavy (non-hydrogen) atoms. The van der Waals surface area contributed by atoms with Crippen LogP contribution in [0.5, 0.6) is 11.5 Å². The summed E-state index contributed by atoms with van der Waals surface area (Å²) in [6.45, 7) is 1.82. The molecule has 0 amide bonds. The summed E-state index contributed by atoms with van der Waals surface area (Å²) in [6.07, 6.45) is 2.49. The maximum absolute atomic E-state index is 5.95. The van der Waals surface area contributed by atoms with Crippen LogP contribution in [0, 0.1) is 5.41 Å². The van der Waals surface area contributed by atoms with E-state index in [9.17, 15) is 0 Å². The van der Waals surface area contributed by atoms with Gasteiger partial charge in [0.1, 0.15) is 0 Å². The third kappa shape index (κ3) is 3.09. The molecule has 0 atom stereocenters. The molecule has 0 heterocycles. The fourth-order valence-corrected chi connectivity index (χ4v) is 2.36. The van der Waals surface area contributed by atoms with Gasteiger partial charge < -0.3 is 14.8 Å². The van der Waals surface area contributed by atoms with Gasteiger partial charge in [-0.15, -0.1) is 11.6 Å². The van der Waals surface area contributed by atoms with Crippen molar-refractivity contribution in [2.45, 2.75) is 19.4 Å². The molecule has 0 bridgehead atoms. The van der Waals surface area contributed by atoms with Crippen molar-refractivity contribution >= 4 is 11.6 Å². The Kier molecular flexibility index (Phi) is 4.36. The van der Waals surface area contributed by atoms with E-state index >= 15 is 0 Å². The summed E-state index contributed by atoms with van der Waals surface area (Å²) in [4.78, 5) is 0. The van der Waals surface area contributed by atoms with Crippen LogP contribution in [0.4, 0.5) is 0 Å². The molecule has 0 saturated heterocycles. The Labute approximate surface area is 113 Å². The number of halogens is 1. The molecule has 0 aromatic heterocycles. The Morgan fingerprint density at radius 2 is 1.94 bits per heavy atom. The van der Waals surface area contributed by atoms with Crippen molar-refractivity contribution < 1.29 is 9.47 Å². The van der Waals surface area contributed by atoms with Gasteiger partial charge in [-0.05, 0) is 36.0 Å². The predicted molar refractivity (Wildman–Crippen MR) is 73.6 cm³/mol. The minimum absolute atomic E-state index is 0.359. The Bertz CT molecular complexity index is 405. The van der Waals surface area contributed by atoms with Crippen molar-refractivity contribution in [1.82, 2.24) is 5.32 Å². The molecule has 0 spiro atoms. The SMILES string of the molecule is COc1ccc(CNCC2(CCl)CC2)cc1OC. The van der Waals surface area contributed by atoms with Gasteiger partial charge in [-0.3, -0.25) is 0 Å². The minimum atomic E-state index is 0.359. The van der Waals surface area contributed by atoms with Gasteiger partial charge >= 0.3 is 0 Å². The summed E-state index contributed by atoms with van der Waals surface area (Å²) < 4.78 is 10.5. The van der Waals surface area contributed by atoms with Crippen LogP contribution in [0.15, 0.2) is 18.2 Å². The van der Waals surface area contributed by atoms with E-state index in [0.717, 1.165) is 30.5 Å². The third-order valence-electron chi connectivity index (χ3n) is 3.52. The average molecular weight is 270 g/mol. The van der Waals surface area contributed by atoms with Gasteiger partial charge in [0.15, 0.2) is 11.5 Å². The quantitative estimate of drug-likeness (QED) is 0.772. The molecule has 3 nitrogen and oxygen atoms in total. The highest BCUT2D eigenvalue weighted by Crippen LogP contribution is 2.45. The van der Waals surface area contributed by atoms with Crippen molar-refractivity contribution in [3.8, 4) is 11.5 Å². The molecule has 1 fully saturated rings. The smallest absolute Gasteiger partial charge is 0.161 e. The maximum atomic E-state index is 5.95. The molecule has 1 aliphatic carbocycles. The summed E-state index contributed by atoms with van der Waals surface area (Å²) >= 11 is 5.95. The molecule has 1 N–H and O–H groups in total. The van der Waals surface area contributed by atoms with E-state index in [-0.39, 0.29) is 0 Å².